The molecular formula is C13H11N3O2. The van der Waals surface area contributed by atoms with Crippen LogP contribution in [0.3, 0.4) is 0 Å². The maximum absolute atomic E-state index is 11.4. The van der Waals surface area contributed by atoms with E-state index in [1.54, 1.807) is 12.4 Å². The molecule has 0 radical (unpaired) electrons. The second-order valence-corrected chi connectivity index (χ2v) is 3.96. The van der Waals surface area contributed by atoms with Gasteiger partial charge in [-0.2, -0.15) is 0 Å². The third kappa shape index (κ3) is 1.90. The summed E-state index contributed by atoms with van der Waals surface area (Å²) in [6.45, 7) is 0. The molecule has 2 unspecified atom stereocenters. The predicted octanol–water partition coefficient (Wildman–Crippen LogP) is 2.00. The van der Waals surface area contributed by atoms with Crippen LogP contribution in [0, 0.1) is 0 Å². The first kappa shape index (κ1) is 10.7. The van der Waals surface area contributed by atoms with Crippen LogP contribution in [0.2, 0.25) is 0 Å². The van der Waals surface area contributed by atoms with Gasteiger partial charge in [0.1, 0.15) is 6.04 Å². The number of carbonyl (C=O) groups excluding carboxylic acids is 1. The molecule has 0 spiro atoms. The number of aromatic nitrogens is 2. The number of amides is 1. The van der Waals surface area contributed by atoms with E-state index in [0.717, 1.165) is 5.69 Å². The normalized spacial score (nSPS) is 22.3. The van der Waals surface area contributed by atoms with Crippen LogP contribution in [0.5, 0.6) is 0 Å². The molecule has 1 saturated heterocycles. The summed E-state index contributed by atoms with van der Waals surface area (Å²) in [7, 11) is 0. The van der Waals surface area contributed by atoms with E-state index < -0.39 is 12.2 Å². The number of hydrogen-bond donors (Lipinski definition) is 1. The van der Waals surface area contributed by atoms with Crippen molar-refractivity contribution in [3.8, 4) is 0 Å². The molecule has 1 fully saturated rings. The summed E-state index contributed by atoms with van der Waals surface area (Å²) in [5.74, 6) is 0. The molecule has 3 heterocycles. The molecule has 90 valence electrons. The fourth-order valence-corrected chi connectivity index (χ4v) is 1.98. The predicted molar refractivity (Wildman–Crippen MR) is 63.6 cm³/mol. The number of hydrogen-bond acceptors (Lipinski definition) is 4. The van der Waals surface area contributed by atoms with Gasteiger partial charge >= 0.3 is 6.09 Å². The van der Waals surface area contributed by atoms with Crippen molar-refractivity contribution in [1.82, 2.24) is 15.3 Å². The second kappa shape index (κ2) is 4.44. The number of nitrogens with one attached hydrogen (secondary N) is 1. The Balaban J connectivity index is 1.96. The number of alkyl carbamates (subject to hydrolysis) is 1. The maximum Gasteiger partial charge on any atom is 0.408 e. The molecule has 2 atom stereocenters. The Bertz CT molecular complexity index is 495. The third-order valence-corrected chi connectivity index (χ3v) is 2.80. The minimum absolute atomic E-state index is 0.298. The van der Waals surface area contributed by atoms with Gasteiger partial charge in [-0.1, -0.05) is 12.1 Å². The average Bonchev–Trinajstić information content (AvgIpc) is 2.83. The van der Waals surface area contributed by atoms with Crippen molar-refractivity contribution in [1.29, 1.82) is 0 Å². The van der Waals surface area contributed by atoms with Crippen LogP contribution in [0.4, 0.5) is 4.79 Å². The van der Waals surface area contributed by atoms with E-state index in [0.29, 0.717) is 5.69 Å². The molecule has 2 aromatic heterocycles. The van der Waals surface area contributed by atoms with Crippen molar-refractivity contribution in [2.75, 3.05) is 0 Å². The van der Waals surface area contributed by atoms with E-state index in [1.165, 1.54) is 0 Å². The van der Waals surface area contributed by atoms with Gasteiger partial charge in [0.05, 0.1) is 11.4 Å². The molecule has 0 saturated carbocycles. The number of rotatable bonds is 2. The molecule has 0 bridgehead atoms. The minimum Gasteiger partial charge on any atom is -0.437 e. The fourth-order valence-electron chi connectivity index (χ4n) is 1.98. The monoisotopic (exact) mass is 241 g/mol. The van der Waals surface area contributed by atoms with Gasteiger partial charge in [0.2, 0.25) is 0 Å². The van der Waals surface area contributed by atoms with Crippen LogP contribution in [0.25, 0.3) is 0 Å². The lowest BCUT2D eigenvalue weighted by Gasteiger charge is -2.15. The van der Waals surface area contributed by atoms with Gasteiger partial charge in [-0.15, -0.1) is 0 Å². The van der Waals surface area contributed by atoms with Crippen LogP contribution in [0.15, 0.2) is 48.8 Å². The van der Waals surface area contributed by atoms with Gasteiger partial charge in [-0.05, 0) is 24.3 Å². The molecule has 3 rings (SSSR count). The first-order valence-corrected chi connectivity index (χ1v) is 5.63. The van der Waals surface area contributed by atoms with Crippen molar-refractivity contribution in [2.24, 2.45) is 0 Å². The molecule has 1 aliphatic rings. The SMILES string of the molecule is O=C1NC(c2ccccn2)C(c2ccccn2)O1. The number of ether oxygens (including phenoxy) is 1. The van der Waals surface area contributed by atoms with E-state index in [4.69, 9.17) is 4.74 Å². The lowest BCUT2D eigenvalue weighted by Crippen LogP contribution is -2.20. The van der Waals surface area contributed by atoms with Gasteiger partial charge in [-0.25, -0.2) is 4.79 Å². The third-order valence-electron chi connectivity index (χ3n) is 2.80. The quantitative estimate of drug-likeness (QED) is 0.873. The standard InChI is InChI=1S/C13H11N3O2/c17-13-16-11(9-5-1-3-7-14-9)12(18-13)10-6-2-4-8-15-10/h1-8,11-12H,(H,16,17). The van der Waals surface area contributed by atoms with E-state index in [-0.39, 0.29) is 6.04 Å². The zero-order valence-electron chi connectivity index (χ0n) is 9.48. The Kier molecular flexibility index (Phi) is 2.64. The largest absolute Gasteiger partial charge is 0.437 e. The van der Waals surface area contributed by atoms with E-state index in [2.05, 4.69) is 15.3 Å². The van der Waals surface area contributed by atoms with Gasteiger partial charge in [0, 0.05) is 12.4 Å². The van der Waals surface area contributed by atoms with Gasteiger partial charge in [0.25, 0.3) is 0 Å². The highest BCUT2D eigenvalue weighted by molar-refractivity contribution is 5.70. The van der Waals surface area contributed by atoms with E-state index in [9.17, 15) is 4.79 Å². The minimum atomic E-state index is -0.443. The van der Waals surface area contributed by atoms with E-state index >= 15 is 0 Å². The van der Waals surface area contributed by atoms with Crippen molar-refractivity contribution in [3.05, 3.63) is 60.2 Å². The van der Waals surface area contributed by atoms with Crippen molar-refractivity contribution < 1.29 is 9.53 Å². The summed E-state index contributed by atoms with van der Waals surface area (Å²) in [6, 6.07) is 10.8. The van der Waals surface area contributed by atoms with Crippen LogP contribution >= 0.6 is 0 Å². The second-order valence-electron chi connectivity index (χ2n) is 3.96. The van der Waals surface area contributed by atoms with Crippen molar-refractivity contribution >= 4 is 6.09 Å². The molecule has 1 N–H and O–H groups in total. The van der Waals surface area contributed by atoms with Crippen LogP contribution in [-0.2, 0) is 4.74 Å². The lowest BCUT2D eigenvalue weighted by atomic mass is 10.0. The zero-order valence-corrected chi connectivity index (χ0v) is 9.48. The molecule has 5 heteroatoms. The number of nitrogens with zero attached hydrogens (tertiary/aromatic N) is 2. The summed E-state index contributed by atoms with van der Waals surface area (Å²) >= 11 is 0. The Hall–Kier alpha value is -2.43. The molecule has 0 aromatic carbocycles. The lowest BCUT2D eigenvalue weighted by molar-refractivity contribution is 0.129. The Morgan fingerprint density at radius 2 is 1.67 bits per heavy atom. The fraction of sp³-hybridized carbons (Fsp3) is 0.154. The molecule has 0 aliphatic carbocycles. The van der Waals surface area contributed by atoms with Gasteiger partial charge < -0.3 is 10.1 Å². The van der Waals surface area contributed by atoms with Crippen LogP contribution in [0.1, 0.15) is 23.5 Å². The number of pyridine rings is 2. The molecule has 18 heavy (non-hydrogen) atoms. The van der Waals surface area contributed by atoms with Gasteiger partial charge in [0.15, 0.2) is 6.10 Å². The Labute approximate surface area is 104 Å². The van der Waals surface area contributed by atoms with Crippen LogP contribution < -0.4 is 5.32 Å². The topological polar surface area (TPSA) is 64.1 Å². The summed E-state index contributed by atoms with van der Waals surface area (Å²) in [6.07, 6.45) is 2.49. The summed E-state index contributed by atoms with van der Waals surface area (Å²) in [4.78, 5) is 19.9. The van der Waals surface area contributed by atoms with Crippen molar-refractivity contribution in [3.63, 3.8) is 0 Å². The summed E-state index contributed by atoms with van der Waals surface area (Å²) in [5.41, 5.74) is 1.48. The molecule has 2 aromatic rings. The number of carbonyl (C=O) groups is 1. The van der Waals surface area contributed by atoms with E-state index in [1.807, 2.05) is 36.4 Å². The number of cyclic esters (lactones) is 1. The first-order chi connectivity index (χ1) is 8.84. The molecule has 1 aliphatic heterocycles. The van der Waals surface area contributed by atoms with Gasteiger partial charge in [-0.3, -0.25) is 9.97 Å². The highest BCUT2D eigenvalue weighted by Crippen LogP contribution is 2.34. The van der Waals surface area contributed by atoms with Crippen molar-refractivity contribution in [2.45, 2.75) is 12.1 Å². The Morgan fingerprint density at radius 3 is 2.28 bits per heavy atom. The smallest absolute Gasteiger partial charge is 0.408 e. The molecule has 5 nitrogen and oxygen atoms in total. The maximum atomic E-state index is 11.4. The summed E-state index contributed by atoms with van der Waals surface area (Å²) < 4.78 is 5.26. The van der Waals surface area contributed by atoms with Crippen LogP contribution in [-0.4, -0.2) is 16.1 Å². The summed E-state index contributed by atoms with van der Waals surface area (Å²) in [5, 5.41) is 2.76. The molecular weight excluding hydrogens is 230 g/mol. The Morgan fingerprint density at radius 1 is 1.00 bits per heavy atom. The highest BCUT2D eigenvalue weighted by Gasteiger charge is 2.37. The molecule has 1 amide bonds. The zero-order chi connectivity index (χ0) is 12.4. The first-order valence-electron chi connectivity index (χ1n) is 5.63. The highest BCUT2D eigenvalue weighted by atomic mass is 16.6. The average molecular weight is 241 g/mol.